The summed E-state index contributed by atoms with van der Waals surface area (Å²) in [7, 11) is 0. The molecule has 0 aliphatic carbocycles. The van der Waals surface area contributed by atoms with E-state index in [1.165, 1.54) is 0 Å². The van der Waals surface area contributed by atoms with Gasteiger partial charge in [-0.25, -0.2) is 9.97 Å². The van der Waals surface area contributed by atoms with Crippen LogP contribution in [0.2, 0.25) is 0 Å². The second-order valence-corrected chi connectivity index (χ2v) is 3.93. The Bertz CT molecular complexity index is 284. The van der Waals surface area contributed by atoms with E-state index in [1.54, 1.807) is 0 Å². The highest BCUT2D eigenvalue weighted by Crippen LogP contribution is 2.09. The summed E-state index contributed by atoms with van der Waals surface area (Å²) in [4.78, 5) is 8.69. The summed E-state index contributed by atoms with van der Waals surface area (Å²) in [6, 6.07) is 2.16. The Balaban J connectivity index is 2.73. The van der Waals surface area contributed by atoms with Crippen molar-refractivity contribution in [3.05, 3.63) is 23.8 Å². The van der Waals surface area contributed by atoms with E-state index < -0.39 is 0 Å². The van der Waals surface area contributed by atoms with Crippen LogP contribution in [-0.4, -0.2) is 16.0 Å². The van der Waals surface area contributed by atoms with Gasteiger partial charge in [0.1, 0.15) is 5.82 Å². The molecule has 0 spiro atoms. The lowest BCUT2D eigenvalue weighted by molar-refractivity contribution is 0.628. The molecule has 0 aliphatic heterocycles. The van der Waals surface area contributed by atoms with Crippen LogP contribution >= 0.6 is 0 Å². The number of aromatic nitrogens is 2. The molecule has 0 fully saturated rings. The second kappa shape index (κ2) is 5.05. The SMILES string of the molecule is CCC(N)Cc1ccnc(C(C)C)n1. The summed E-state index contributed by atoms with van der Waals surface area (Å²) in [5, 5.41) is 0. The fourth-order valence-corrected chi connectivity index (χ4v) is 1.22. The van der Waals surface area contributed by atoms with Gasteiger partial charge in [-0.3, -0.25) is 0 Å². The van der Waals surface area contributed by atoms with Crippen LogP contribution in [-0.2, 0) is 6.42 Å². The monoisotopic (exact) mass is 193 g/mol. The number of nitrogens with two attached hydrogens (primary N) is 1. The molecular formula is C11H19N3. The van der Waals surface area contributed by atoms with Crippen molar-refractivity contribution < 1.29 is 0 Å². The third-order valence-corrected chi connectivity index (χ3v) is 2.24. The predicted octanol–water partition coefficient (Wildman–Crippen LogP) is 1.88. The number of rotatable bonds is 4. The molecule has 0 saturated carbocycles. The lowest BCUT2D eigenvalue weighted by Gasteiger charge is -2.09. The van der Waals surface area contributed by atoms with Crippen molar-refractivity contribution in [1.29, 1.82) is 0 Å². The van der Waals surface area contributed by atoms with Gasteiger partial charge < -0.3 is 5.73 Å². The fourth-order valence-electron chi connectivity index (χ4n) is 1.22. The van der Waals surface area contributed by atoms with Gasteiger partial charge in [-0.1, -0.05) is 20.8 Å². The van der Waals surface area contributed by atoms with Crippen LogP contribution < -0.4 is 5.73 Å². The van der Waals surface area contributed by atoms with Crippen LogP contribution in [0.25, 0.3) is 0 Å². The van der Waals surface area contributed by atoms with Gasteiger partial charge in [0.15, 0.2) is 0 Å². The third-order valence-electron chi connectivity index (χ3n) is 2.24. The number of hydrogen-bond acceptors (Lipinski definition) is 3. The summed E-state index contributed by atoms with van der Waals surface area (Å²) in [6.45, 7) is 6.28. The van der Waals surface area contributed by atoms with E-state index in [0.717, 1.165) is 24.4 Å². The molecule has 1 unspecified atom stereocenters. The molecule has 1 aromatic heterocycles. The summed E-state index contributed by atoms with van der Waals surface area (Å²) in [5.74, 6) is 1.29. The zero-order valence-corrected chi connectivity index (χ0v) is 9.20. The largest absolute Gasteiger partial charge is 0.327 e. The normalized spacial score (nSPS) is 13.2. The molecule has 0 aliphatic rings. The van der Waals surface area contributed by atoms with Crippen LogP contribution in [0.15, 0.2) is 12.3 Å². The van der Waals surface area contributed by atoms with Gasteiger partial charge in [-0.2, -0.15) is 0 Å². The van der Waals surface area contributed by atoms with Crippen molar-refractivity contribution in [3.63, 3.8) is 0 Å². The lowest BCUT2D eigenvalue weighted by atomic mass is 10.1. The van der Waals surface area contributed by atoms with Crippen LogP contribution in [0.4, 0.5) is 0 Å². The average molecular weight is 193 g/mol. The van der Waals surface area contributed by atoms with E-state index >= 15 is 0 Å². The topological polar surface area (TPSA) is 51.8 Å². The molecule has 0 aromatic carbocycles. The van der Waals surface area contributed by atoms with Gasteiger partial charge >= 0.3 is 0 Å². The van der Waals surface area contributed by atoms with Gasteiger partial charge in [-0.05, 0) is 12.5 Å². The standard InChI is InChI=1S/C11H19N3/c1-4-9(12)7-10-5-6-13-11(14-10)8(2)3/h5-6,8-9H,4,7,12H2,1-3H3. The molecule has 0 radical (unpaired) electrons. The smallest absolute Gasteiger partial charge is 0.131 e. The van der Waals surface area contributed by atoms with Crippen molar-refractivity contribution in [2.45, 2.75) is 45.6 Å². The Kier molecular flexibility index (Phi) is 4.01. The molecule has 3 heteroatoms. The molecule has 1 aromatic rings. The molecule has 1 rings (SSSR count). The van der Waals surface area contributed by atoms with Gasteiger partial charge in [0.05, 0.1) is 0 Å². The summed E-state index contributed by atoms with van der Waals surface area (Å²) < 4.78 is 0. The summed E-state index contributed by atoms with van der Waals surface area (Å²) >= 11 is 0. The maximum Gasteiger partial charge on any atom is 0.131 e. The lowest BCUT2D eigenvalue weighted by Crippen LogP contribution is -2.22. The Labute approximate surface area is 85.8 Å². The fraction of sp³-hybridized carbons (Fsp3) is 0.636. The van der Waals surface area contributed by atoms with Crippen LogP contribution in [0, 0.1) is 0 Å². The molecule has 14 heavy (non-hydrogen) atoms. The molecule has 0 amide bonds. The minimum Gasteiger partial charge on any atom is -0.327 e. The zero-order chi connectivity index (χ0) is 10.6. The minimum atomic E-state index is 0.213. The van der Waals surface area contributed by atoms with E-state index in [4.69, 9.17) is 5.73 Å². The summed E-state index contributed by atoms with van der Waals surface area (Å²) in [6.07, 6.45) is 3.65. The first-order chi connectivity index (χ1) is 6.63. The zero-order valence-electron chi connectivity index (χ0n) is 9.20. The first-order valence-corrected chi connectivity index (χ1v) is 5.20. The Hall–Kier alpha value is -0.960. The molecule has 0 bridgehead atoms. The van der Waals surface area contributed by atoms with E-state index in [0.29, 0.717) is 5.92 Å². The summed E-state index contributed by atoms with van der Waals surface area (Å²) in [5.41, 5.74) is 6.92. The van der Waals surface area contributed by atoms with Crippen LogP contribution in [0.5, 0.6) is 0 Å². The van der Waals surface area contributed by atoms with Crippen molar-refractivity contribution in [3.8, 4) is 0 Å². The molecule has 0 saturated heterocycles. The molecule has 1 atom stereocenters. The van der Waals surface area contributed by atoms with Crippen molar-refractivity contribution in [2.75, 3.05) is 0 Å². The van der Waals surface area contributed by atoms with Crippen LogP contribution in [0.3, 0.4) is 0 Å². The van der Waals surface area contributed by atoms with Gasteiger partial charge in [-0.15, -0.1) is 0 Å². The maximum atomic E-state index is 5.87. The third kappa shape index (κ3) is 3.07. The van der Waals surface area contributed by atoms with E-state index in [9.17, 15) is 0 Å². The Morgan fingerprint density at radius 3 is 2.71 bits per heavy atom. The van der Waals surface area contributed by atoms with Crippen LogP contribution in [0.1, 0.15) is 44.6 Å². The molecule has 3 nitrogen and oxygen atoms in total. The number of nitrogens with zero attached hydrogens (tertiary/aromatic N) is 2. The Morgan fingerprint density at radius 1 is 1.43 bits per heavy atom. The van der Waals surface area contributed by atoms with Crippen molar-refractivity contribution >= 4 is 0 Å². The maximum absolute atomic E-state index is 5.87. The highest BCUT2D eigenvalue weighted by Gasteiger charge is 2.06. The minimum absolute atomic E-state index is 0.213. The quantitative estimate of drug-likeness (QED) is 0.794. The second-order valence-electron chi connectivity index (χ2n) is 3.93. The predicted molar refractivity (Wildman–Crippen MR) is 58.1 cm³/mol. The van der Waals surface area contributed by atoms with Gasteiger partial charge in [0.25, 0.3) is 0 Å². The molecule has 78 valence electrons. The van der Waals surface area contributed by atoms with Crippen molar-refractivity contribution in [1.82, 2.24) is 9.97 Å². The molecule has 2 N–H and O–H groups in total. The molecule has 1 heterocycles. The van der Waals surface area contributed by atoms with Gasteiger partial charge in [0, 0.05) is 30.3 Å². The molecular weight excluding hydrogens is 174 g/mol. The van der Waals surface area contributed by atoms with Gasteiger partial charge in [0.2, 0.25) is 0 Å². The number of hydrogen-bond donors (Lipinski definition) is 1. The van der Waals surface area contributed by atoms with Crippen molar-refractivity contribution in [2.24, 2.45) is 5.73 Å². The van der Waals surface area contributed by atoms with E-state index in [2.05, 4.69) is 30.7 Å². The van der Waals surface area contributed by atoms with E-state index in [-0.39, 0.29) is 6.04 Å². The highest BCUT2D eigenvalue weighted by atomic mass is 14.9. The Morgan fingerprint density at radius 2 is 2.14 bits per heavy atom. The van der Waals surface area contributed by atoms with E-state index in [1.807, 2.05) is 12.3 Å². The first kappa shape index (κ1) is 11.1. The highest BCUT2D eigenvalue weighted by molar-refractivity contribution is 5.06. The first-order valence-electron chi connectivity index (χ1n) is 5.20. The average Bonchev–Trinajstić information content (AvgIpc) is 2.18.